The maximum atomic E-state index is 12.9. The van der Waals surface area contributed by atoms with E-state index in [0.29, 0.717) is 30.4 Å². The summed E-state index contributed by atoms with van der Waals surface area (Å²) in [5.41, 5.74) is 0.695. The molecule has 1 fully saturated rings. The first-order valence-electron chi connectivity index (χ1n) is 9.54. The number of amides is 1. The number of para-hydroxylation sites is 1. The van der Waals surface area contributed by atoms with Crippen molar-refractivity contribution >= 4 is 5.91 Å². The maximum Gasteiger partial charge on any atom is 0.274 e. The molecule has 144 valence electrons. The second-order valence-electron chi connectivity index (χ2n) is 7.17. The lowest BCUT2D eigenvalue weighted by Gasteiger charge is -2.32. The molecule has 1 aliphatic heterocycles. The van der Waals surface area contributed by atoms with E-state index in [9.17, 15) is 9.59 Å². The number of carbonyl (C=O) groups excluding carboxylic acids is 1. The summed E-state index contributed by atoms with van der Waals surface area (Å²) >= 11 is 0. The summed E-state index contributed by atoms with van der Waals surface area (Å²) in [6.45, 7) is 4.34. The van der Waals surface area contributed by atoms with E-state index < -0.39 is 0 Å². The average molecular weight is 377 g/mol. The number of benzene rings is 1. The fraction of sp³-hybridized carbons (Fsp3) is 0.333. The van der Waals surface area contributed by atoms with Crippen molar-refractivity contribution in [2.75, 3.05) is 13.1 Å². The van der Waals surface area contributed by atoms with Gasteiger partial charge in [0.15, 0.2) is 0 Å². The zero-order valence-corrected chi connectivity index (χ0v) is 15.9. The van der Waals surface area contributed by atoms with Gasteiger partial charge in [-0.25, -0.2) is 4.98 Å². The van der Waals surface area contributed by atoms with Crippen LogP contribution < -0.4 is 5.56 Å². The lowest BCUT2D eigenvalue weighted by molar-refractivity contribution is 0.0674. The molecule has 3 heterocycles. The Morgan fingerprint density at radius 3 is 2.54 bits per heavy atom. The molecule has 0 aliphatic carbocycles. The van der Waals surface area contributed by atoms with Gasteiger partial charge in [0, 0.05) is 38.1 Å². The van der Waals surface area contributed by atoms with Crippen LogP contribution in [0.1, 0.15) is 29.2 Å². The topological polar surface area (TPSA) is 73.0 Å². The molecule has 0 bridgehead atoms. The fourth-order valence-electron chi connectivity index (χ4n) is 3.63. The van der Waals surface area contributed by atoms with Crippen molar-refractivity contribution in [2.45, 2.75) is 26.3 Å². The van der Waals surface area contributed by atoms with E-state index >= 15 is 0 Å². The SMILES string of the molecule is Cc1nccn1CC1CCN(C(=O)c2ccc(=O)n(-c3ccccc3)n2)CC1. The van der Waals surface area contributed by atoms with E-state index in [2.05, 4.69) is 14.6 Å². The zero-order chi connectivity index (χ0) is 19.5. The normalized spacial score (nSPS) is 15.0. The Kier molecular flexibility index (Phi) is 5.06. The van der Waals surface area contributed by atoms with E-state index in [4.69, 9.17) is 0 Å². The first-order valence-corrected chi connectivity index (χ1v) is 9.54. The molecule has 1 amide bonds. The van der Waals surface area contributed by atoms with Gasteiger partial charge in [0.05, 0.1) is 5.69 Å². The molecule has 0 saturated carbocycles. The van der Waals surface area contributed by atoms with Crippen molar-refractivity contribution in [3.63, 3.8) is 0 Å². The lowest BCUT2D eigenvalue weighted by Crippen LogP contribution is -2.40. The van der Waals surface area contributed by atoms with E-state index in [1.165, 1.54) is 16.8 Å². The minimum atomic E-state index is -0.253. The van der Waals surface area contributed by atoms with E-state index in [1.54, 1.807) is 12.1 Å². The van der Waals surface area contributed by atoms with Gasteiger partial charge in [-0.05, 0) is 43.9 Å². The van der Waals surface area contributed by atoms with Crippen molar-refractivity contribution in [3.05, 3.63) is 76.7 Å². The summed E-state index contributed by atoms with van der Waals surface area (Å²) in [5.74, 6) is 1.43. The molecule has 7 heteroatoms. The fourth-order valence-corrected chi connectivity index (χ4v) is 3.63. The zero-order valence-electron chi connectivity index (χ0n) is 15.9. The number of piperidine rings is 1. The Morgan fingerprint density at radius 1 is 1.11 bits per heavy atom. The molecule has 0 radical (unpaired) electrons. The van der Waals surface area contributed by atoms with Crippen LogP contribution in [0.3, 0.4) is 0 Å². The van der Waals surface area contributed by atoms with Gasteiger partial charge < -0.3 is 9.47 Å². The number of aryl methyl sites for hydroxylation is 1. The molecular weight excluding hydrogens is 354 g/mol. The van der Waals surface area contributed by atoms with Crippen LogP contribution in [0.2, 0.25) is 0 Å². The molecule has 1 aromatic carbocycles. The second-order valence-corrected chi connectivity index (χ2v) is 7.17. The van der Waals surface area contributed by atoms with Gasteiger partial charge in [0.2, 0.25) is 0 Å². The van der Waals surface area contributed by atoms with Crippen LogP contribution in [-0.4, -0.2) is 43.2 Å². The van der Waals surface area contributed by atoms with Crippen molar-refractivity contribution in [2.24, 2.45) is 5.92 Å². The number of nitrogens with zero attached hydrogens (tertiary/aromatic N) is 5. The molecule has 2 aromatic heterocycles. The number of likely N-dealkylation sites (tertiary alicyclic amines) is 1. The summed E-state index contributed by atoms with van der Waals surface area (Å²) < 4.78 is 3.45. The molecule has 28 heavy (non-hydrogen) atoms. The highest BCUT2D eigenvalue weighted by molar-refractivity contribution is 5.92. The van der Waals surface area contributed by atoms with Crippen LogP contribution in [0.5, 0.6) is 0 Å². The standard InChI is InChI=1S/C21H23N5O2/c1-16-22-11-14-25(16)15-17-9-12-24(13-10-17)21(28)19-7-8-20(27)26(23-19)18-5-3-2-4-6-18/h2-8,11,14,17H,9-10,12-13,15H2,1H3. The van der Waals surface area contributed by atoms with Gasteiger partial charge in [0.1, 0.15) is 11.5 Å². The van der Waals surface area contributed by atoms with E-state index in [0.717, 1.165) is 25.2 Å². The van der Waals surface area contributed by atoms with Crippen molar-refractivity contribution in [1.82, 2.24) is 24.2 Å². The molecule has 1 aliphatic rings. The van der Waals surface area contributed by atoms with Gasteiger partial charge in [-0.1, -0.05) is 18.2 Å². The van der Waals surface area contributed by atoms with Crippen LogP contribution in [0.25, 0.3) is 5.69 Å². The molecule has 0 unspecified atom stereocenters. The molecule has 0 spiro atoms. The Morgan fingerprint density at radius 2 is 1.86 bits per heavy atom. The van der Waals surface area contributed by atoms with Crippen LogP contribution in [0.15, 0.2) is 59.7 Å². The quantitative estimate of drug-likeness (QED) is 0.699. The second kappa shape index (κ2) is 7.80. The third-order valence-electron chi connectivity index (χ3n) is 5.30. The summed E-state index contributed by atoms with van der Waals surface area (Å²) in [5, 5.41) is 4.31. The number of rotatable bonds is 4. The van der Waals surface area contributed by atoms with Gasteiger partial charge in [-0.2, -0.15) is 9.78 Å². The molecule has 4 rings (SSSR count). The van der Waals surface area contributed by atoms with Crippen LogP contribution in [0, 0.1) is 12.8 Å². The van der Waals surface area contributed by atoms with Gasteiger partial charge in [0.25, 0.3) is 11.5 Å². The highest BCUT2D eigenvalue weighted by Gasteiger charge is 2.25. The first-order chi connectivity index (χ1) is 13.6. The smallest absolute Gasteiger partial charge is 0.274 e. The Labute approximate surface area is 163 Å². The first kappa shape index (κ1) is 18.2. The molecule has 0 N–H and O–H groups in total. The Hall–Kier alpha value is -3.22. The van der Waals surface area contributed by atoms with Crippen molar-refractivity contribution in [3.8, 4) is 5.69 Å². The van der Waals surface area contributed by atoms with Crippen molar-refractivity contribution in [1.29, 1.82) is 0 Å². The number of aromatic nitrogens is 4. The van der Waals surface area contributed by atoms with Crippen LogP contribution in [0.4, 0.5) is 0 Å². The predicted molar refractivity (Wildman–Crippen MR) is 105 cm³/mol. The minimum absolute atomic E-state index is 0.123. The monoisotopic (exact) mass is 377 g/mol. The van der Waals surface area contributed by atoms with E-state index in [-0.39, 0.29) is 11.5 Å². The minimum Gasteiger partial charge on any atom is -0.337 e. The Bertz CT molecular complexity index is 1020. The number of hydrogen-bond donors (Lipinski definition) is 0. The number of hydrogen-bond acceptors (Lipinski definition) is 4. The van der Waals surface area contributed by atoms with Gasteiger partial charge >= 0.3 is 0 Å². The van der Waals surface area contributed by atoms with Crippen LogP contribution in [-0.2, 0) is 6.54 Å². The highest BCUT2D eigenvalue weighted by atomic mass is 16.2. The highest BCUT2D eigenvalue weighted by Crippen LogP contribution is 2.21. The third kappa shape index (κ3) is 3.74. The lowest BCUT2D eigenvalue weighted by atomic mass is 9.96. The molecule has 3 aromatic rings. The number of carbonyl (C=O) groups is 1. The molecule has 0 atom stereocenters. The summed E-state index contributed by atoms with van der Waals surface area (Å²) in [7, 11) is 0. The largest absolute Gasteiger partial charge is 0.337 e. The number of imidazole rings is 1. The third-order valence-corrected chi connectivity index (χ3v) is 5.30. The summed E-state index contributed by atoms with van der Waals surface area (Å²) in [6.07, 6.45) is 5.72. The van der Waals surface area contributed by atoms with Crippen molar-refractivity contribution < 1.29 is 4.79 Å². The van der Waals surface area contributed by atoms with Crippen LogP contribution >= 0.6 is 0 Å². The maximum absolute atomic E-state index is 12.9. The summed E-state index contributed by atoms with van der Waals surface area (Å²) in [4.78, 5) is 31.2. The molecule has 1 saturated heterocycles. The Balaban J connectivity index is 1.44. The summed E-state index contributed by atoms with van der Waals surface area (Å²) in [6, 6.07) is 12.1. The van der Waals surface area contributed by atoms with Gasteiger partial charge in [-0.15, -0.1) is 0 Å². The predicted octanol–water partition coefficient (Wildman–Crippen LogP) is 2.29. The average Bonchev–Trinajstić information content (AvgIpc) is 3.13. The van der Waals surface area contributed by atoms with Gasteiger partial charge in [-0.3, -0.25) is 9.59 Å². The van der Waals surface area contributed by atoms with E-state index in [1.807, 2.05) is 42.4 Å². The molecule has 7 nitrogen and oxygen atoms in total. The molecular formula is C21H23N5O2.